The predicted octanol–water partition coefficient (Wildman–Crippen LogP) is 5.50. The van der Waals surface area contributed by atoms with Crippen LogP contribution in [0.3, 0.4) is 0 Å². The molecule has 21 heavy (non-hydrogen) atoms. The molecule has 0 unspecified atom stereocenters. The number of hydrogen-bond acceptors (Lipinski definition) is 2. The lowest BCUT2D eigenvalue weighted by molar-refractivity contribution is 0.103. The summed E-state index contributed by atoms with van der Waals surface area (Å²) in [6, 6.07) is 9.48. The quantitative estimate of drug-likeness (QED) is 0.638. The van der Waals surface area contributed by atoms with E-state index in [0.29, 0.717) is 26.9 Å². The molecule has 0 bridgehead atoms. The highest BCUT2D eigenvalue weighted by Crippen LogP contribution is 2.34. The van der Waals surface area contributed by atoms with Gasteiger partial charge in [0.25, 0.3) is 0 Å². The van der Waals surface area contributed by atoms with Crippen LogP contribution in [0, 0.1) is 5.82 Å². The summed E-state index contributed by atoms with van der Waals surface area (Å²) in [6.07, 6.45) is 1.77. The molecule has 0 saturated heterocycles. The van der Waals surface area contributed by atoms with Crippen molar-refractivity contribution in [3.8, 4) is 0 Å². The monoisotopic (exact) mass is 338 g/mol. The second kappa shape index (κ2) is 5.84. The van der Waals surface area contributed by atoms with Crippen LogP contribution in [0.2, 0.25) is 10.0 Å². The molecule has 1 aliphatic heterocycles. The lowest BCUT2D eigenvalue weighted by Crippen LogP contribution is -2.12. The van der Waals surface area contributed by atoms with Gasteiger partial charge in [-0.25, -0.2) is 4.39 Å². The number of halogens is 3. The molecule has 2 aromatic rings. The van der Waals surface area contributed by atoms with Gasteiger partial charge in [-0.05, 0) is 42.0 Å². The number of carbonyl (C=O) groups is 1. The highest BCUT2D eigenvalue weighted by Gasteiger charge is 2.22. The molecule has 0 aromatic heterocycles. The van der Waals surface area contributed by atoms with Crippen LogP contribution < -0.4 is 0 Å². The van der Waals surface area contributed by atoms with Crippen molar-refractivity contribution in [1.29, 1.82) is 0 Å². The Labute approximate surface area is 135 Å². The van der Waals surface area contributed by atoms with E-state index in [9.17, 15) is 9.18 Å². The molecule has 1 aliphatic rings. The van der Waals surface area contributed by atoms with E-state index in [-0.39, 0.29) is 5.78 Å². The van der Waals surface area contributed by atoms with Crippen molar-refractivity contribution in [2.75, 3.05) is 5.75 Å². The molecule has 1 nitrogen and oxygen atoms in total. The third kappa shape index (κ3) is 3.00. The van der Waals surface area contributed by atoms with Crippen LogP contribution in [0.15, 0.2) is 46.9 Å². The summed E-state index contributed by atoms with van der Waals surface area (Å²) in [6.45, 7) is 0. The zero-order valence-electron chi connectivity index (χ0n) is 10.7. The Morgan fingerprint density at radius 3 is 2.67 bits per heavy atom. The summed E-state index contributed by atoms with van der Waals surface area (Å²) in [5.74, 6) is 0.00496. The van der Waals surface area contributed by atoms with Gasteiger partial charge >= 0.3 is 0 Å². The first-order valence-corrected chi connectivity index (χ1v) is 7.91. The Bertz CT molecular complexity index is 771. The number of carbonyl (C=O) groups excluding carboxylic acids is 1. The highest BCUT2D eigenvalue weighted by atomic mass is 35.5. The molecule has 0 fully saturated rings. The van der Waals surface area contributed by atoms with Gasteiger partial charge in [-0.2, -0.15) is 0 Å². The molecule has 0 amide bonds. The molecule has 3 rings (SSSR count). The van der Waals surface area contributed by atoms with E-state index in [1.54, 1.807) is 30.3 Å². The maximum absolute atomic E-state index is 13.3. The number of ketones is 1. The average molecular weight is 339 g/mol. The van der Waals surface area contributed by atoms with Crippen molar-refractivity contribution in [2.24, 2.45) is 0 Å². The smallest absolute Gasteiger partial charge is 0.191 e. The standard InChI is InChI=1S/C16H9Cl2FOS/c17-13-3-1-9(6-14(13)18)5-10-8-21-15-4-2-11(19)7-12(15)16(10)20/h1-7H,8H2/b10-5+. The number of hydrogen-bond donors (Lipinski definition) is 0. The first kappa shape index (κ1) is 14.6. The second-order valence-electron chi connectivity index (χ2n) is 4.60. The van der Waals surface area contributed by atoms with E-state index in [1.807, 2.05) is 0 Å². The third-order valence-electron chi connectivity index (χ3n) is 3.15. The van der Waals surface area contributed by atoms with Crippen molar-refractivity contribution < 1.29 is 9.18 Å². The van der Waals surface area contributed by atoms with Crippen LogP contribution in [-0.4, -0.2) is 11.5 Å². The minimum absolute atomic E-state index is 0.144. The molecule has 106 valence electrons. The Hall–Kier alpha value is -1.29. The number of fused-ring (bicyclic) bond motifs is 1. The van der Waals surface area contributed by atoms with E-state index < -0.39 is 5.82 Å². The van der Waals surface area contributed by atoms with Crippen LogP contribution in [-0.2, 0) is 0 Å². The fraction of sp³-hybridized carbons (Fsp3) is 0.0625. The first-order valence-electron chi connectivity index (χ1n) is 6.17. The molecular weight excluding hydrogens is 330 g/mol. The van der Waals surface area contributed by atoms with Gasteiger partial charge in [0.05, 0.1) is 10.0 Å². The molecule has 1 heterocycles. The first-order chi connectivity index (χ1) is 10.0. The maximum Gasteiger partial charge on any atom is 0.191 e. The topological polar surface area (TPSA) is 17.1 Å². The second-order valence-corrected chi connectivity index (χ2v) is 6.43. The van der Waals surface area contributed by atoms with Crippen LogP contribution in [0.4, 0.5) is 4.39 Å². The van der Waals surface area contributed by atoms with E-state index in [1.165, 1.54) is 23.9 Å². The van der Waals surface area contributed by atoms with Gasteiger partial charge in [0.15, 0.2) is 5.78 Å². The van der Waals surface area contributed by atoms with E-state index in [2.05, 4.69) is 0 Å². The zero-order chi connectivity index (χ0) is 15.0. The van der Waals surface area contributed by atoms with Crippen molar-refractivity contribution in [2.45, 2.75) is 4.90 Å². The van der Waals surface area contributed by atoms with Crippen molar-refractivity contribution in [3.63, 3.8) is 0 Å². The maximum atomic E-state index is 13.3. The number of thioether (sulfide) groups is 1. The van der Waals surface area contributed by atoms with Crippen molar-refractivity contribution in [1.82, 2.24) is 0 Å². The van der Waals surface area contributed by atoms with Gasteiger partial charge < -0.3 is 0 Å². The fourth-order valence-electron chi connectivity index (χ4n) is 2.11. The molecule has 0 saturated carbocycles. The molecule has 0 aliphatic carbocycles. The Kier molecular flexibility index (Phi) is 4.07. The predicted molar refractivity (Wildman–Crippen MR) is 85.9 cm³/mol. The highest BCUT2D eigenvalue weighted by molar-refractivity contribution is 7.99. The van der Waals surface area contributed by atoms with Gasteiger partial charge in [0.1, 0.15) is 5.82 Å². The third-order valence-corrected chi connectivity index (χ3v) is 5.01. The molecule has 0 N–H and O–H groups in total. The van der Waals surface area contributed by atoms with Gasteiger partial charge in [-0.15, -0.1) is 11.8 Å². The molecule has 0 spiro atoms. The summed E-state index contributed by atoms with van der Waals surface area (Å²) in [4.78, 5) is 13.2. The summed E-state index contributed by atoms with van der Waals surface area (Å²) in [7, 11) is 0. The largest absolute Gasteiger partial charge is 0.289 e. The van der Waals surface area contributed by atoms with E-state index in [0.717, 1.165) is 10.5 Å². The van der Waals surface area contributed by atoms with Crippen molar-refractivity contribution in [3.05, 3.63) is 69.0 Å². The number of Topliss-reactive ketones (excluding diaryl/α,β-unsaturated/α-hetero) is 1. The van der Waals surface area contributed by atoms with E-state index >= 15 is 0 Å². The zero-order valence-corrected chi connectivity index (χ0v) is 13.0. The Morgan fingerprint density at radius 1 is 1.10 bits per heavy atom. The van der Waals surface area contributed by atoms with Crippen LogP contribution in [0.25, 0.3) is 6.08 Å². The molecule has 0 atom stereocenters. The summed E-state index contributed by atoms with van der Waals surface area (Å²) >= 11 is 13.4. The minimum Gasteiger partial charge on any atom is -0.289 e. The van der Waals surface area contributed by atoms with E-state index in [4.69, 9.17) is 23.2 Å². The van der Waals surface area contributed by atoms with Crippen LogP contribution >= 0.6 is 35.0 Å². The Balaban J connectivity index is 1.99. The average Bonchev–Trinajstić information content (AvgIpc) is 2.46. The summed E-state index contributed by atoms with van der Waals surface area (Å²) in [5.41, 5.74) is 1.84. The molecule has 2 aromatic carbocycles. The number of benzene rings is 2. The van der Waals surface area contributed by atoms with Gasteiger partial charge in [0, 0.05) is 21.8 Å². The van der Waals surface area contributed by atoms with Gasteiger partial charge in [-0.1, -0.05) is 29.3 Å². The molecule has 0 radical (unpaired) electrons. The Morgan fingerprint density at radius 2 is 1.90 bits per heavy atom. The van der Waals surface area contributed by atoms with Crippen molar-refractivity contribution >= 4 is 46.8 Å². The number of rotatable bonds is 1. The van der Waals surface area contributed by atoms with Crippen LogP contribution in [0.1, 0.15) is 15.9 Å². The van der Waals surface area contributed by atoms with Gasteiger partial charge in [0.2, 0.25) is 0 Å². The minimum atomic E-state index is -0.404. The lowest BCUT2D eigenvalue weighted by atomic mass is 10.0. The normalized spacial score (nSPS) is 16.1. The summed E-state index contributed by atoms with van der Waals surface area (Å²) < 4.78 is 13.3. The molecule has 5 heteroatoms. The fourth-order valence-corrected chi connectivity index (χ4v) is 3.41. The van der Waals surface area contributed by atoms with Crippen LogP contribution in [0.5, 0.6) is 0 Å². The SMILES string of the molecule is O=C1/C(=C/c2ccc(Cl)c(Cl)c2)CSc2ccc(F)cc21. The lowest BCUT2D eigenvalue weighted by Gasteiger charge is -2.17. The molecular formula is C16H9Cl2FOS. The summed E-state index contributed by atoms with van der Waals surface area (Å²) in [5, 5.41) is 0.906. The van der Waals surface area contributed by atoms with Gasteiger partial charge in [-0.3, -0.25) is 4.79 Å².